The van der Waals surface area contributed by atoms with E-state index in [-0.39, 0.29) is 20.1 Å². The summed E-state index contributed by atoms with van der Waals surface area (Å²) >= 11 is 0. The Bertz CT molecular complexity index is 2320. The number of hydrogen-bond donors (Lipinski definition) is 15. The van der Waals surface area contributed by atoms with Crippen molar-refractivity contribution in [3.05, 3.63) is 0 Å². The molecule has 0 aliphatic rings. The number of carbonyl (C=O) groups is 18. The molecular weight excluding hydrogens is 1170 g/mol. The van der Waals surface area contributed by atoms with Crippen LogP contribution in [-0.2, 0) is 86.3 Å². The van der Waals surface area contributed by atoms with Crippen LogP contribution in [-0.4, -0.2) is 236 Å². The molecule has 0 bridgehead atoms. The van der Waals surface area contributed by atoms with E-state index in [0.29, 0.717) is 0 Å². The van der Waals surface area contributed by atoms with Crippen molar-refractivity contribution in [3.63, 3.8) is 0 Å². The molecule has 0 aromatic rings. The van der Waals surface area contributed by atoms with E-state index in [1.165, 1.54) is 83.1 Å². The van der Waals surface area contributed by atoms with Crippen LogP contribution in [0.25, 0.3) is 0 Å². The summed E-state index contributed by atoms with van der Waals surface area (Å²) in [6, 6.07) is -10.7. The molecule has 18 amide bonds. The van der Waals surface area contributed by atoms with E-state index < -0.39 is 238 Å². The Morgan fingerprint density at radius 1 is 0.284 bits per heavy atom. The van der Waals surface area contributed by atoms with Crippen LogP contribution in [0, 0.1) is 0 Å². The molecule has 15 N–H and O–H groups in total. The molecule has 37 nitrogen and oxygen atoms in total. The highest BCUT2D eigenvalue weighted by atomic mass is 16.5. The normalized spacial score (nSPS) is 13.7. The van der Waals surface area contributed by atoms with E-state index in [0.717, 1.165) is 0 Å². The van der Waals surface area contributed by atoms with Gasteiger partial charge < -0.3 is 63.8 Å². The van der Waals surface area contributed by atoms with Crippen molar-refractivity contribution >= 4 is 106 Å². The van der Waals surface area contributed by atoms with Gasteiger partial charge in [-0.15, -0.1) is 0 Å². The van der Waals surface area contributed by atoms with Crippen LogP contribution in [0.3, 0.4) is 0 Å². The highest BCUT2D eigenvalue weighted by Crippen LogP contribution is 2.05. The standard InChI is InChI=1S/C51H84N16O21/c1-25(58-37(71)16-22-64(86)49(83)31(7)61-46(80)28(4)55-34(10)68)43(77)52-19-13-40(74)67(41(75)14-20-53-44(78)26(2)59-38(72)17-23-65(87)50(84)32(8)62-47(81)29(5)56-35(11)69)42(76)15-21-54-45(79)27(3)60-39(73)18-24-66(88)51(85)33(9)63-48(82)30(6)57-36(12)70/h25-33,86-88H,13-24H2,1-12H3,(H,52,77)(H,53,78)(H,54,79)(H,55,68)(H,56,69)(H,57,70)(H,58,71)(H,59,72)(H,60,73)(H,61,80)(H,62,81)(H,63,82)/t25-,26-,27-,28-,29-,30-,31-,32-,33-/m0/s1. The Kier molecular flexibility index (Phi) is 35.3. The van der Waals surface area contributed by atoms with Gasteiger partial charge in [0.05, 0.1) is 19.6 Å². The lowest BCUT2D eigenvalue weighted by Crippen LogP contribution is -2.52. The fraction of sp³-hybridized carbons (Fsp3) is 0.647. The van der Waals surface area contributed by atoms with Crippen molar-refractivity contribution in [1.29, 1.82) is 0 Å². The summed E-state index contributed by atoms with van der Waals surface area (Å²) < 4.78 is 0. The molecule has 0 aromatic carbocycles. The summed E-state index contributed by atoms with van der Waals surface area (Å²) in [6.07, 6.45) is -3.78. The van der Waals surface area contributed by atoms with Gasteiger partial charge in [-0.25, -0.2) is 20.1 Å². The summed E-state index contributed by atoms with van der Waals surface area (Å²) in [5, 5.41) is 58.9. The van der Waals surface area contributed by atoms with E-state index >= 15 is 0 Å². The van der Waals surface area contributed by atoms with E-state index in [4.69, 9.17) is 0 Å². The summed E-state index contributed by atoms with van der Waals surface area (Å²) in [4.78, 5) is 225. The van der Waals surface area contributed by atoms with Crippen molar-refractivity contribution in [1.82, 2.24) is 83.9 Å². The molecule has 0 saturated carbocycles. The second kappa shape index (κ2) is 39.4. The van der Waals surface area contributed by atoms with Gasteiger partial charge in [0, 0.05) is 78.9 Å². The number of imide groups is 3. The zero-order chi connectivity index (χ0) is 67.9. The molecule has 0 aliphatic heterocycles. The molecule has 0 unspecified atom stereocenters. The number of hydrogen-bond acceptors (Lipinski definition) is 21. The first kappa shape index (κ1) is 78.7. The molecule has 0 spiro atoms. The average Bonchev–Trinajstić information content (AvgIpc) is 3.60. The molecular formula is C51H84N16O21. The topological polar surface area (TPSA) is 525 Å². The highest BCUT2D eigenvalue weighted by Gasteiger charge is 2.31. The van der Waals surface area contributed by atoms with Crippen LogP contribution in [0.5, 0.6) is 0 Å². The van der Waals surface area contributed by atoms with Gasteiger partial charge in [-0.2, -0.15) is 0 Å². The fourth-order valence-corrected chi connectivity index (χ4v) is 7.16. The lowest BCUT2D eigenvalue weighted by molar-refractivity contribution is -0.169. The molecule has 0 fully saturated rings. The maximum Gasteiger partial charge on any atom is 0.268 e. The van der Waals surface area contributed by atoms with E-state index in [2.05, 4.69) is 63.8 Å². The number of nitrogens with zero attached hydrogens (tertiary/aromatic N) is 4. The Hall–Kier alpha value is -9.26. The van der Waals surface area contributed by atoms with Gasteiger partial charge in [0.25, 0.3) is 17.7 Å². The fourth-order valence-electron chi connectivity index (χ4n) is 7.16. The maximum atomic E-state index is 13.5. The molecule has 494 valence electrons. The summed E-state index contributed by atoms with van der Waals surface area (Å²) in [5.74, 6) is -15.4. The minimum Gasteiger partial charge on any atom is -0.354 e. The van der Waals surface area contributed by atoms with E-state index in [1.807, 2.05) is 0 Å². The number of carbonyl (C=O) groups excluding carboxylic acids is 18. The zero-order valence-corrected chi connectivity index (χ0v) is 51.2. The average molecular weight is 1260 g/mol. The number of hydroxylamine groups is 6. The summed E-state index contributed by atoms with van der Waals surface area (Å²) in [5.41, 5.74) is 0. The van der Waals surface area contributed by atoms with Crippen LogP contribution < -0.4 is 63.8 Å². The van der Waals surface area contributed by atoms with Crippen molar-refractivity contribution < 1.29 is 102 Å². The van der Waals surface area contributed by atoms with Gasteiger partial charge in [-0.05, 0) is 62.3 Å². The molecule has 0 rings (SSSR count). The van der Waals surface area contributed by atoms with Gasteiger partial charge in [0.15, 0.2) is 0 Å². The molecule has 0 radical (unpaired) electrons. The second-order valence-electron chi connectivity index (χ2n) is 20.1. The largest absolute Gasteiger partial charge is 0.354 e. The first-order chi connectivity index (χ1) is 40.8. The molecule has 0 aliphatic carbocycles. The molecule has 37 heteroatoms. The lowest BCUT2D eigenvalue weighted by atomic mass is 10.2. The third-order valence-corrected chi connectivity index (χ3v) is 12.0. The Balaban J connectivity index is 5.77. The van der Waals surface area contributed by atoms with Gasteiger partial charge in [0.1, 0.15) is 54.4 Å². The van der Waals surface area contributed by atoms with Crippen LogP contribution >= 0.6 is 0 Å². The molecule has 0 aromatic heterocycles. The minimum atomic E-state index is -1.29. The number of amides is 18. The smallest absolute Gasteiger partial charge is 0.268 e. The van der Waals surface area contributed by atoms with Crippen LogP contribution in [0.4, 0.5) is 0 Å². The summed E-state index contributed by atoms with van der Waals surface area (Å²) in [7, 11) is 0. The minimum absolute atomic E-state index is 0.162. The van der Waals surface area contributed by atoms with Gasteiger partial charge in [-0.3, -0.25) is 102 Å². The SMILES string of the molecule is CC(=O)N[C@@H](C)C(=O)N[C@@H](C)C(=O)N(O)CCC(=O)N[C@@H](C)C(=O)NCCC(=O)N(C(=O)CCNC(=O)[C@H](C)NC(=O)CCN(O)C(=O)[C@H](C)NC(=O)[C@H](C)NC(C)=O)C(=O)CCNC(=O)[C@H](C)NC(=O)CCN(O)C(=O)[C@H](C)NC(=O)[C@H](C)NC(C)=O. The van der Waals surface area contributed by atoms with Crippen molar-refractivity contribution in [2.45, 2.75) is 176 Å². The maximum absolute atomic E-state index is 13.5. The van der Waals surface area contributed by atoms with Crippen molar-refractivity contribution in [2.75, 3.05) is 39.3 Å². The third-order valence-electron chi connectivity index (χ3n) is 12.0. The second-order valence-corrected chi connectivity index (χ2v) is 20.1. The van der Waals surface area contributed by atoms with Gasteiger partial charge in [-0.1, -0.05) is 0 Å². The monoisotopic (exact) mass is 1260 g/mol. The molecule has 88 heavy (non-hydrogen) atoms. The first-order valence-corrected chi connectivity index (χ1v) is 27.6. The van der Waals surface area contributed by atoms with Crippen LogP contribution in [0.15, 0.2) is 0 Å². The van der Waals surface area contributed by atoms with E-state index in [1.54, 1.807) is 0 Å². The quantitative estimate of drug-likeness (QED) is 0.0205. The van der Waals surface area contributed by atoms with Gasteiger partial charge in [0.2, 0.25) is 88.6 Å². The highest BCUT2D eigenvalue weighted by molar-refractivity contribution is 6.11. The Morgan fingerprint density at radius 3 is 0.693 bits per heavy atom. The molecule has 9 atom stereocenters. The Labute approximate surface area is 506 Å². The summed E-state index contributed by atoms with van der Waals surface area (Å²) in [6.45, 7) is 11.7. The van der Waals surface area contributed by atoms with E-state index in [9.17, 15) is 102 Å². The van der Waals surface area contributed by atoms with Gasteiger partial charge >= 0.3 is 0 Å². The predicted octanol–water partition coefficient (Wildman–Crippen LogP) is -7.19. The van der Waals surface area contributed by atoms with Crippen LogP contribution in [0.1, 0.15) is 122 Å². The van der Waals surface area contributed by atoms with Crippen molar-refractivity contribution in [3.8, 4) is 0 Å². The van der Waals surface area contributed by atoms with Crippen molar-refractivity contribution in [2.24, 2.45) is 0 Å². The molecule has 0 saturated heterocycles. The number of nitrogens with one attached hydrogen (secondary N) is 12. The zero-order valence-electron chi connectivity index (χ0n) is 51.2. The third kappa shape index (κ3) is 30.7. The number of rotatable bonds is 36. The Morgan fingerprint density at radius 2 is 0.489 bits per heavy atom. The predicted molar refractivity (Wildman–Crippen MR) is 300 cm³/mol. The lowest BCUT2D eigenvalue weighted by Gasteiger charge is -2.22. The molecule has 0 heterocycles. The first-order valence-electron chi connectivity index (χ1n) is 27.6. The van der Waals surface area contributed by atoms with Crippen LogP contribution in [0.2, 0.25) is 0 Å².